The van der Waals surface area contributed by atoms with Crippen molar-refractivity contribution in [3.05, 3.63) is 18.1 Å². The minimum Gasteiger partial charge on any atom is -0.355 e. The SMILES string of the molecule is CNC1CCN(c2cc(C)ncn2)C1. The zero-order valence-corrected chi connectivity index (χ0v) is 8.70. The third-order valence-electron chi connectivity index (χ3n) is 2.71. The van der Waals surface area contributed by atoms with Crippen LogP contribution in [-0.2, 0) is 0 Å². The van der Waals surface area contributed by atoms with E-state index in [2.05, 4.69) is 20.2 Å². The van der Waals surface area contributed by atoms with Gasteiger partial charge in [-0.2, -0.15) is 0 Å². The largest absolute Gasteiger partial charge is 0.355 e. The van der Waals surface area contributed by atoms with Gasteiger partial charge >= 0.3 is 0 Å². The maximum atomic E-state index is 4.28. The molecule has 0 aromatic carbocycles. The normalized spacial score (nSPS) is 21.6. The van der Waals surface area contributed by atoms with Crippen LogP contribution in [0, 0.1) is 6.92 Å². The van der Waals surface area contributed by atoms with Crippen molar-refractivity contribution in [2.75, 3.05) is 25.0 Å². The minimum atomic E-state index is 0.602. The fraction of sp³-hybridized carbons (Fsp3) is 0.600. The van der Waals surface area contributed by atoms with E-state index in [4.69, 9.17) is 0 Å². The molecule has 2 rings (SSSR count). The second-order valence-corrected chi connectivity index (χ2v) is 3.74. The average molecular weight is 192 g/mol. The van der Waals surface area contributed by atoms with Crippen LogP contribution >= 0.6 is 0 Å². The van der Waals surface area contributed by atoms with Crippen molar-refractivity contribution in [2.24, 2.45) is 0 Å². The Morgan fingerprint density at radius 2 is 2.36 bits per heavy atom. The highest BCUT2D eigenvalue weighted by molar-refractivity contribution is 5.40. The van der Waals surface area contributed by atoms with Gasteiger partial charge in [0.15, 0.2) is 0 Å². The molecular formula is C10H16N4. The van der Waals surface area contributed by atoms with Crippen molar-refractivity contribution >= 4 is 5.82 Å². The van der Waals surface area contributed by atoms with E-state index in [1.165, 1.54) is 6.42 Å². The molecule has 4 heteroatoms. The molecule has 2 heterocycles. The Kier molecular flexibility index (Phi) is 2.63. The van der Waals surface area contributed by atoms with Gasteiger partial charge < -0.3 is 10.2 Å². The third-order valence-corrected chi connectivity index (χ3v) is 2.71. The Labute approximate surface area is 84.4 Å². The van der Waals surface area contributed by atoms with E-state index in [9.17, 15) is 0 Å². The predicted molar refractivity (Wildman–Crippen MR) is 56.4 cm³/mol. The molecule has 0 radical (unpaired) electrons. The molecule has 1 aromatic heterocycles. The summed E-state index contributed by atoms with van der Waals surface area (Å²) >= 11 is 0. The van der Waals surface area contributed by atoms with E-state index < -0.39 is 0 Å². The lowest BCUT2D eigenvalue weighted by molar-refractivity contribution is 0.616. The van der Waals surface area contributed by atoms with Gasteiger partial charge in [-0.05, 0) is 20.4 Å². The van der Waals surface area contributed by atoms with Gasteiger partial charge in [0.1, 0.15) is 12.1 Å². The third kappa shape index (κ3) is 1.85. The molecule has 1 unspecified atom stereocenters. The molecule has 0 amide bonds. The van der Waals surface area contributed by atoms with Gasteiger partial charge in [0, 0.05) is 30.9 Å². The van der Waals surface area contributed by atoms with Gasteiger partial charge in [-0.25, -0.2) is 9.97 Å². The first-order valence-corrected chi connectivity index (χ1v) is 5.00. The van der Waals surface area contributed by atoms with Crippen LogP contribution in [0.25, 0.3) is 0 Å². The van der Waals surface area contributed by atoms with Crippen LogP contribution in [0.2, 0.25) is 0 Å². The molecule has 1 atom stereocenters. The Bertz CT molecular complexity index is 313. The maximum Gasteiger partial charge on any atom is 0.132 e. The second kappa shape index (κ2) is 3.92. The lowest BCUT2D eigenvalue weighted by Crippen LogP contribution is -2.29. The molecule has 0 spiro atoms. The molecule has 0 saturated carbocycles. The molecule has 1 aliphatic rings. The maximum absolute atomic E-state index is 4.28. The number of aryl methyl sites for hydroxylation is 1. The van der Waals surface area contributed by atoms with E-state index >= 15 is 0 Å². The molecular weight excluding hydrogens is 176 g/mol. The monoisotopic (exact) mass is 192 g/mol. The number of aromatic nitrogens is 2. The van der Waals surface area contributed by atoms with Crippen LogP contribution < -0.4 is 10.2 Å². The number of likely N-dealkylation sites (N-methyl/N-ethyl adjacent to an activating group) is 1. The van der Waals surface area contributed by atoms with E-state index in [1.54, 1.807) is 6.33 Å². The van der Waals surface area contributed by atoms with Gasteiger partial charge in [-0.3, -0.25) is 0 Å². The van der Waals surface area contributed by atoms with Gasteiger partial charge in [0.2, 0.25) is 0 Å². The summed E-state index contributed by atoms with van der Waals surface area (Å²) < 4.78 is 0. The first-order valence-electron chi connectivity index (χ1n) is 5.00. The van der Waals surface area contributed by atoms with Gasteiger partial charge in [0.05, 0.1) is 0 Å². The number of hydrogen-bond donors (Lipinski definition) is 1. The van der Waals surface area contributed by atoms with Gasteiger partial charge in [0.25, 0.3) is 0 Å². The molecule has 4 nitrogen and oxygen atoms in total. The smallest absolute Gasteiger partial charge is 0.132 e. The predicted octanol–water partition coefficient (Wildman–Crippen LogP) is 0.583. The van der Waals surface area contributed by atoms with Crippen LogP contribution in [0.15, 0.2) is 12.4 Å². The molecule has 1 N–H and O–H groups in total. The lowest BCUT2D eigenvalue weighted by Gasteiger charge is -2.17. The second-order valence-electron chi connectivity index (χ2n) is 3.74. The summed E-state index contributed by atoms with van der Waals surface area (Å²) in [5.74, 6) is 1.05. The zero-order chi connectivity index (χ0) is 9.97. The standard InChI is InChI=1S/C10H16N4/c1-8-5-10(13-7-12-8)14-4-3-9(6-14)11-2/h5,7,9,11H,3-4,6H2,1-2H3. The molecule has 1 aromatic rings. The highest BCUT2D eigenvalue weighted by Gasteiger charge is 2.21. The van der Waals surface area contributed by atoms with Crippen molar-refractivity contribution in [3.63, 3.8) is 0 Å². The Morgan fingerprint density at radius 3 is 3.00 bits per heavy atom. The first kappa shape index (κ1) is 9.40. The first-order chi connectivity index (χ1) is 6.79. The average Bonchev–Trinajstić information content (AvgIpc) is 2.66. The van der Waals surface area contributed by atoms with Crippen molar-refractivity contribution in [1.82, 2.24) is 15.3 Å². The van der Waals surface area contributed by atoms with Crippen LogP contribution in [-0.4, -0.2) is 36.1 Å². The van der Waals surface area contributed by atoms with E-state index in [-0.39, 0.29) is 0 Å². The summed E-state index contributed by atoms with van der Waals surface area (Å²) in [5.41, 5.74) is 1.03. The Morgan fingerprint density at radius 1 is 1.50 bits per heavy atom. The summed E-state index contributed by atoms with van der Waals surface area (Å²) in [5, 5.41) is 3.29. The topological polar surface area (TPSA) is 41.0 Å². The highest BCUT2D eigenvalue weighted by Crippen LogP contribution is 2.17. The summed E-state index contributed by atoms with van der Waals surface area (Å²) in [6.07, 6.45) is 2.83. The van der Waals surface area contributed by atoms with E-state index in [0.717, 1.165) is 24.6 Å². The molecule has 0 aliphatic carbocycles. The molecule has 0 bridgehead atoms. The van der Waals surface area contributed by atoms with Crippen molar-refractivity contribution in [3.8, 4) is 0 Å². The summed E-state index contributed by atoms with van der Waals surface area (Å²) in [6.45, 7) is 4.13. The van der Waals surface area contributed by atoms with E-state index in [1.807, 2.05) is 20.0 Å². The molecule has 14 heavy (non-hydrogen) atoms. The van der Waals surface area contributed by atoms with Crippen molar-refractivity contribution < 1.29 is 0 Å². The quantitative estimate of drug-likeness (QED) is 0.744. The fourth-order valence-electron chi connectivity index (χ4n) is 1.82. The Balaban J connectivity index is 2.09. The summed E-state index contributed by atoms with van der Waals surface area (Å²) in [7, 11) is 2.01. The molecule has 1 aliphatic heterocycles. The summed E-state index contributed by atoms with van der Waals surface area (Å²) in [6, 6.07) is 2.64. The van der Waals surface area contributed by atoms with Crippen LogP contribution in [0.4, 0.5) is 5.82 Å². The summed E-state index contributed by atoms with van der Waals surface area (Å²) in [4.78, 5) is 10.7. The number of nitrogens with zero attached hydrogens (tertiary/aromatic N) is 3. The van der Waals surface area contributed by atoms with Crippen LogP contribution in [0.3, 0.4) is 0 Å². The zero-order valence-electron chi connectivity index (χ0n) is 8.70. The molecule has 76 valence electrons. The lowest BCUT2D eigenvalue weighted by atomic mass is 10.3. The number of nitrogens with one attached hydrogen (secondary N) is 1. The number of rotatable bonds is 2. The highest BCUT2D eigenvalue weighted by atomic mass is 15.2. The minimum absolute atomic E-state index is 0.602. The van der Waals surface area contributed by atoms with Crippen LogP contribution in [0.1, 0.15) is 12.1 Å². The molecule has 1 fully saturated rings. The Hall–Kier alpha value is -1.16. The molecule has 1 saturated heterocycles. The van der Waals surface area contributed by atoms with Crippen LogP contribution in [0.5, 0.6) is 0 Å². The number of anilines is 1. The van der Waals surface area contributed by atoms with E-state index in [0.29, 0.717) is 6.04 Å². The number of hydrogen-bond acceptors (Lipinski definition) is 4. The van der Waals surface area contributed by atoms with Gasteiger partial charge in [-0.1, -0.05) is 0 Å². The fourth-order valence-corrected chi connectivity index (χ4v) is 1.82. The van der Waals surface area contributed by atoms with Crippen molar-refractivity contribution in [1.29, 1.82) is 0 Å². The van der Waals surface area contributed by atoms with Crippen molar-refractivity contribution in [2.45, 2.75) is 19.4 Å². The van der Waals surface area contributed by atoms with Gasteiger partial charge in [-0.15, -0.1) is 0 Å².